The van der Waals surface area contributed by atoms with Crippen molar-refractivity contribution in [3.8, 4) is 17.2 Å². The Bertz CT molecular complexity index is 1100. The van der Waals surface area contributed by atoms with E-state index in [0.29, 0.717) is 28.0 Å². The van der Waals surface area contributed by atoms with Gasteiger partial charge in [0.2, 0.25) is 18.6 Å². The zero-order valence-electron chi connectivity index (χ0n) is 16.3. The van der Waals surface area contributed by atoms with Crippen LogP contribution in [-0.4, -0.2) is 38.6 Å². The first-order valence-electron chi connectivity index (χ1n) is 9.15. The van der Waals surface area contributed by atoms with Crippen LogP contribution in [0.2, 0.25) is 0 Å². The molecular weight excluding hydrogens is 406 g/mol. The summed E-state index contributed by atoms with van der Waals surface area (Å²) in [6.45, 7) is 3.42. The number of aromatic nitrogens is 3. The molecule has 154 valence electrons. The molecule has 0 saturated carbocycles. The van der Waals surface area contributed by atoms with Gasteiger partial charge in [-0.2, -0.15) is 0 Å². The number of amides is 2. The molecular formula is C20H19N5O4S. The molecule has 3 aromatic rings. The van der Waals surface area contributed by atoms with E-state index in [-0.39, 0.29) is 18.6 Å². The van der Waals surface area contributed by atoms with E-state index in [1.54, 1.807) is 42.1 Å². The molecule has 1 aromatic heterocycles. The molecule has 9 nitrogen and oxygen atoms in total. The Morgan fingerprint density at radius 3 is 2.73 bits per heavy atom. The van der Waals surface area contributed by atoms with Gasteiger partial charge in [0.05, 0.1) is 10.9 Å². The summed E-state index contributed by atoms with van der Waals surface area (Å²) in [4.78, 5) is 24.0. The van der Waals surface area contributed by atoms with Crippen LogP contribution in [0.3, 0.4) is 0 Å². The first-order chi connectivity index (χ1) is 14.5. The summed E-state index contributed by atoms with van der Waals surface area (Å²) in [5.74, 6) is 0.927. The van der Waals surface area contributed by atoms with Crippen molar-refractivity contribution in [1.82, 2.24) is 14.8 Å². The SMILES string of the molecule is CC(=O)Nc1cccc(-n2cnnc2SC(C)C(=O)Nc2ccc3c(c2)OCO3)c1. The number of benzene rings is 2. The molecule has 0 bridgehead atoms. The van der Waals surface area contributed by atoms with E-state index in [1.165, 1.54) is 18.7 Å². The van der Waals surface area contributed by atoms with E-state index >= 15 is 0 Å². The topological polar surface area (TPSA) is 107 Å². The second kappa shape index (κ2) is 8.46. The van der Waals surface area contributed by atoms with E-state index in [4.69, 9.17) is 9.47 Å². The summed E-state index contributed by atoms with van der Waals surface area (Å²) in [5.41, 5.74) is 2.07. The predicted molar refractivity (Wildman–Crippen MR) is 112 cm³/mol. The number of anilines is 2. The van der Waals surface area contributed by atoms with Gasteiger partial charge in [-0.25, -0.2) is 0 Å². The average Bonchev–Trinajstić information content (AvgIpc) is 3.36. The Balaban J connectivity index is 1.45. The molecule has 10 heteroatoms. The Morgan fingerprint density at radius 2 is 1.90 bits per heavy atom. The molecule has 0 fully saturated rings. The zero-order chi connectivity index (χ0) is 21.1. The van der Waals surface area contributed by atoms with E-state index in [1.807, 2.05) is 18.2 Å². The highest BCUT2D eigenvalue weighted by molar-refractivity contribution is 8.00. The minimum absolute atomic E-state index is 0.153. The fourth-order valence-corrected chi connectivity index (χ4v) is 3.69. The van der Waals surface area contributed by atoms with Crippen LogP contribution >= 0.6 is 11.8 Å². The summed E-state index contributed by atoms with van der Waals surface area (Å²) < 4.78 is 12.4. The summed E-state index contributed by atoms with van der Waals surface area (Å²) in [6.07, 6.45) is 1.57. The van der Waals surface area contributed by atoms with Gasteiger partial charge in [-0.3, -0.25) is 14.2 Å². The van der Waals surface area contributed by atoms with Crippen LogP contribution in [0.5, 0.6) is 11.5 Å². The summed E-state index contributed by atoms with van der Waals surface area (Å²) in [7, 11) is 0. The molecule has 2 amide bonds. The molecule has 0 spiro atoms. The van der Waals surface area contributed by atoms with Crippen molar-refractivity contribution in [2.75, 3.05) is 17.4 Å². The van der Waals surface area contributed by atoms with Gasteiger partial charge in [0.1, 0.15) is 6.33 Å². The fourth-order valence-electron chi connectivity index (χ4n) is 2.85. The number of fused-ring (bicyclic) bond motifs is 1. The summed E-state index contributed by atoms with van der Waals surface area (Å²) in [5, 5.41) is 13.8. The van der Waals surface area contributed by atoms with Gasteiger partial charge in [0.25, 0.3) is 0 Å². The summed E-state index contributed by atoms with van der Waals surface area (Å²) in [6, 6.07) is 12.6. The average molecular weight is 425 g/mol. The van der Waals surface area contributed by atoms with Crippen molar-refractivity contribution in [2.24, 2.45) is 0 Å². The molecule has 1 aliphatic heterocycles. The van der Waals surface area contributed by atoms with Gasteiger partial charge in [-0.15, -0.1) is 10.2 Å². The van der Waals surface area contributed by atoms with Crippen LogP contribution in [0, 0.1) is 0 Å². The van der Waals surface area contributed by atoms with E-state index in [9.17, 15) is 9.59 Å². The lowest BCUT2D eigenvalue weighted by Crippen LogP contribution is -2.22. The smallest absolute Gasteiger partial charge is 0.237 e. The standard InChI is InChI=1S/C20H19N5O4S/c1-12(19(27)23-15-6-7-17-18(9-15)29-11-28-17)30-20-24-21-10-25(20)16-5-3-4-14(8-16)22-13(2)26/h3-10,12H,11H2,1-2H3,(H,22,26)(H,23,27). The molecule has 2 N–H and O–H groups in total. The molecule has 1 atom stereocenters. The van der Waals surface area contributed by atoms with E-state index in [2.05, 4.69) is 20.8 Å². The Hall–Kier alpha value is -3.53. The van der Waals surface area contributed by atoms with Crippen molar-refractivity contribution < 1.29 is 19.1 Å². The van der Waals surface area contributed by atoms with E-state index in [0.717, 1.165) is 5.69 Å². The highest BCUT2D eigenvalue weighted by Gasteiger charge is 2.20. The monoisotopic (exact) mass is 425 g/mol. The Kier molecular flexibility index (Phi) is 5.57. The highest BCUT2D eigenvalue weighted by atomic mass is 32.2. The fraction of sp³-hybridized carbons (Fsp3) is 0.200. The maximum atomic E-state index is 12.7. The number of carbonyl (C=O) groups excluding carboxylic acids is 2. The third-order valence-corrected chi connectivity index (χ3v) is 5.31. The van der Waals surface area contributed by atoms with Gasteiger partial charge in [0, 0.05) is 24.4 Å². The van der Waals surface area contributed by atoms with Crippen molar-refractivity contribution >= 4 is 35.0 Å². The van der Waals surface area contributed by atoms with Crippen LogP contribution in [0.4, 0.5) is 11.4 Å². The minimum Gasteiger partial charge on any atom is -0.454 e. The number of thioether (sulfide) groups is 1. The number of ether oxygens (including phenoxy) is 2. The number of carbonyl (C=O) groups is 2. The second-order valence-electron chi connectivity index (χ2n) is 6.53. The molecule has 0 radical (unpaired) electrons. The van der Waals surface area contributed by atoms with Crippen molar-refractivity contribution in [2.45, 2.75) is 24.3 Å². The van der Waals surface area contributed by atoms with Crippen molar-refractivity contribution in [3.63, 3.8) is 0 Å². The van der Waals surface area contributed by atoms with Crippen LogP contribution in [0.25, 0.3) is 5.69 Å². The van der Waals surface area contributed by atoms with E-state index < -0.39 is 5.25 Å². The molecule has 0 aliphatic carbocycles. The maximum Gasteiger partial charge on any atom is 0.237 e. The van der Waals surface area contributed by atoms with Gasteiger partial charge in [0.15, 0.2) is 16.7 Å². The molecule has 0 saturated heterocycles. The lowest BCUT2D eigenvalue weighted by molar-refractivity contribution is -0.115. The molecule has 1 unspecified atom stereocenters. The number of hydrogen-bond acceptors (Lipinski definition) is 7. The van der Waals surface area contributed by atoms with Gasteiger partial charge in [-0.05, 0) is 37.3 Å². The molecule has 2 aromatic carbocycles. The largest absolute Gasteiger partial charge is 0.454 e. The third-order valence-electron chi connectivity index (χ3n) is 4.25. The third kappa shape index (κ3) is 4.38. The molecule has 2 heterocycles. The summed E-state index contributed by atoms with van der Waals surface area (Å²) >= 11 is 1.28. The van der Waals surface area contributed by atoms with Crippen LogP contribution in [-0.2, 0) is 9.59 Å². The molecule has 4 rings (SSSR count). The quantitative estimate of drug-likeness (QED) is 0.585. The minimum atomic E-state index is -0.433. The van der Waals surface area contributed by atoms with Gasteiger partial charge in [-0.1, -0.05) is 17.8 Å². The number of nitrogens with one attached hydrogen (secondary N) is 2. The first kappa shape index (κ1) is 19.8. The number of rotatable bonds is 6. The lowest BCUT2D eigenvalue weighted by atomic mass is 10.2. The molecule has 30 heavy (non-hydrogen) atoms. The Labute approximate surface area is 176 Å². The zero-order valence-corrected chi connectivity index (χ0v) is 17.1. The van der Waals surface area contributed by atoms with Crippen LogP contribution in [0.1, 0.15) is 13.8 Å². The van der Waals surface area contributed by atoms with Crippen LogP contribution in [0.15, 0.2) is 53.9 Å². The normalized spacial score (nSPS) is 13.0. The van der Waals surface area contributed by atoms with Crippen LogP contribution < -0.4 is 20.1 Å². The Morgan fingerprint density at radius 1 is 1.10 bits per heavy atom. The number of nitrogens with zero attached hydrogens (tertiary/aromatic N) is 3. The van der Waals surface area contributed by atoms with Crippen molar-refractivity contribution in [3.05, 3.63) is 48.8 Å². The lowest BCUT2D eigenvalue weighted by Gasteiger charge is -2.13. The molecule has 1 aliphatic rings. The van der Waals surface area contributed by atoms with Gasteiger partial charge >= 0.3 is 0 Å². The second-order valence-corrected chi connectivity index (χ2v) is 7.84. The van der Waals surface area contributed by atoms with Gasteiger partial charge < -0.3 is 20.1 Å². The maximum absolute atomic E-state index is 12.7. The first-order valence-corrected chi connectivity index (χ1v) is 10.0. The number of hydrogen-bond donors (Lipinski definition) is 2. The predicted octanol–water partition coefficient (Wildman–Crippen LogP) is 3.07. The van der Waals surface area contributed by atoms with Crippen molar-refractivity contribution in [1.29, 1.82) is 0 Å². The highest BCUT2D eigenvalue weighted by Crippen LogP contribution is 2.34.